The van der Waals surface area contributed by atoms with Crippen LogP contribution in [0.2, 0.25) is 0 Å². The number of rotatable bonds is 3. The summed E-state index contributed by atoms with van der Waals surface area (Å²) in [5, 5.41) is 9.84. The maximum absolute atomic E-state index is 12.4. The normalized spacial score (nSPS) is 22.5. The first kappa shape index (κ1) is 14.5. The predicted molar refractivity (Wildman–Crippen MR) is 79.2 cm³/mol. The zero-order valence-electron chi connectivity index (χ0n) is 11.4. The zero-order chi connectivity index (χ0) is 14.0. The average Bonchev–Trinajstić information content (AvgIpc) is 2.77. The maximum Gasteiger partial charge on any atom is 0.253 e. The molecule has 2 rings (SSSR count). The quantitative estimate of drug-likeness (QED) is 0.928. The number of amides is 1. The molecule has 2 unspecified atom stereocenters. The molecule has 104 valence electrons. The number of aliphatic hydroxyl groups is 1. The SMILES string of the molecule is Cc1c(Br)cccc1C(=O)N(C)CC1CCCC1O. The van der Waals surface area contributed by atoms with Crippen LogP contribution in [0.25, 0.3) is 0 Å². The van der Waals surface area contributed by atoms with Crippen LogP contribution < -0.4 is 0 Å². The standard InChI is InChI=1S/C15H20BrNO2/c1-10-12(6-4-7-13(10)16)15(19)17(2)9-11-5-3-8-14(11)18/h4,6-7,11,14,18H,3,5,8-9H2,1-2H3. The fourth-order valence-corrected chi connectivity index (χ4v) is 3.08. The Hall–Kier alpha value is -0.870. The molecule has 1 aromatic rings. The van der Waals surface area contributed by atoms with Gasteiger partial charge in [0.15, 0.2) is 0 Å². The van der Waals surface area contributed by atoms with E-state index in [1.54, 1.807) is 4.90 Å². The minimum Gasteiger partial charge on any atom is -0.393 e. The third-order valence-corrected chi connectivity index (χ3v) is 4.83. The molecule has 2 atom stereocenters. The van der Waals surface area contributed by atoms with E-state index in [4.69, 9.17) is 0 Å². The van der Waals surface area contributed by atoms with Crippen LogP contribution in [0, 0.1) is 12.8 Å². The molecular weight excluding hydrogens is 306 g/mol. The number of aliphatic hydroxyl groups excluding tert-OH is 1. The van der Waals surface area contributed by atoms with Crippen LogP contribution in [0.5, 0.6) is 0 Å². The number of carbonyl (C=O) groups excluding carboxylic acids is 1. The second-order valence-corrected chi connectivity index (χ2v) is 6.21. The van der Waals surface area contributed by atoms with Gasteiger partial charge in [0.05, 0.1) is 6.10 Å². The van der Waals surface area contributed by atoms with Gasteiger partial charge in [-0.3, -0.25) is 4.79 Å². The van der Waals surface area contributed by atoms with Crippen LogP contribution in [0.3, 0.4) is 0 Å². The van der Waals surface area contributed by atoms with Gasteiger partial charge in [-0.1, -0.05) is 28.4 Å². The number of nitrogens with zero attached hydrogens (tertiary/aromatic N) is 1. The summed E-state index contributed by atoms with van der Waals surface area (Å²) in [4.78, 5) is 14.2. The summed E-state index contributed by atoms with van der Waals surface area (Å²) in [6.45, 7) is 2.57. The number of benzene rings is 1. The Bertz CT molecular complexity index is 475. The summed E-state index contributed by atoms with van der Waals surface area (Å²) in [5.41, 5.74) is 1.69. The highest BCUT2D eigenvalue weighted by molar-refractivity contribution is 9.10. The smallest absolute Gasteiger partial charge is 0.253 e. The van der Waals surface area contributed by atoms with Crippen molar-refractivity contribution in [1.29, 1.82) is 0 Å². The molecule has 0 heterocycles. The number of hydrogen-bond donors (Lipinski definition) is 1. The fourth-order valence-electron chi connectivity index (χ4n) is 2.71. The first-order valence-corrected chi connectivity index (χ1v) is 7.48. The molecule has 0 spiro atoms. The van der Waals surface area contributed by atoms with Gasteiger partial charge in [-0.25, -0.2) is 0 Å². The predicted octanol–water partition coefficient (Wildman–Crippen LogP) is 2.99. The van der Waals surface area contributed by atoms with Gasteiger partial charge in [-0.2, -0.15) is 0 Å². The molecule has 1 aliphatic rings. The molecule has 0 bridgehead atoms. The van der Waals surface area contributed by atoms with Crippen molar-refractivity contribution in [3.05, 3.63) is 33.8 Å². The molecule has 3 nitrogen and oxygen atoms in total. The lowest BCUT2D eigenvalue weighted by Gasteiger charge is -2.24. The van der Waals surface area contributed by atoms with Crippen molar-refractivity contribution in [2.24, 2.45) is 5.92 Å². The van der Waals surface area contributed by atoms with E-state index in [-0.39, 0.29) is 17.9 Å². The highest BCUT2D eigenvalue weighted by atomic mass is 79.9. The van der Waals surface area contributed by atoms with Crippen molar-refractivity contribution in [1.82, 2.24) is 4.90 Å². The summed E-state index contributed by atoms with van der Waals surface area (Å²) in [5.74, 6) is 0.249. The number of halogens is 1. The minimum absolute atomic E-state index is 0.0258. The van der Waals surface area contributed by atoms with E-state index in [9.17, 15) is 9.90 Å². The van der Waals surface area contributed by atoms with E-state index in [0.29, 0.717) is 6.54 Å². The molecular formula is C15H20BrNO2. The first-order chi connectivity index (χ1) is 9.00. The van der Waals surface area contributed by atoms with Crippen molar-refractivity contribution >= 4 is 21.8 Å². The maximum atomic E-state index is 12.4. The lowest BCUT2D eigenvalue weighted by Crippen LogP contribution is -2.34. The molecule has 1 aromatic carbocycles. The molecule has 0 radical (unpaired) electrons. The van der Waals surface area contributed by atoms with Crippen LogP contribution in [0.15, 0.2) is 22.7 Å². The van der Waals surface area contributed by atoms with Gasteiger partial charge in [0.25, 0.3) is 5.91 Å². The van der Waals surface area contributed by atoms with Gasteiger partial charge < -0.3 is 10.0 Å². The third kappa shape index (κ3) is 3.18. The van der Waals surface area contributed by atoms with E-state index < -0.39 is 0 Å². The van der Waals surface area contributed by atoms with E-state index >= 15 is 0 Å². The molecule has 0 saturated heterocycles. The molecule has 1 saturated carbocycles. The van der Waals surface area contributed by atoms with Crippen LogP contribution in [0.4, 0.5) is 0 Å². The second kappa shape index (κ2) is 6.06. The van der Waals surface area contributed by atoms with Gasteiger partial charge in [0.1, 0.15) is 0 Å². The monoisotopic (exact) mass is 325 g/mol. The highest BCUT2D eigenvalue weighted by Crippen LogP contribution is 2.27. The fraction of sp³-hybridized carbons (Fsp3) is 0.533. The highest BCUT2D eigenvalue weighted by Gasteiger charge is 2.28. The summed E-state index contributed by atoms with van der Waals surface area (Å²) < 4.78 is 0.952. The van der Waals surface area contributed by atoms with E-state index in [1.807, 2.05) is 32.2 Å². The zero-order valence-corrected chi connectivity index (χ0v) is 13.0. The van der Waals surface area contributed by atoms with Crippen LogP contribution >= 0.6 is 15.9 Å². The Balaban J connectivity index is 2.08. The summed E-state index contributed by atoms with van der Waals surface area (Å²) in [7, 11) is 1.81. The molecule has 19 heavy (non-hydrogen) atoms. The summed E-state index contributed by atoms with van der Waals surface area (Å²) in [6, 6.07) is 5.67. The number of carbonyl (C=O) groups is 1. The van der Waals surface area contributed by atoms with Crippen molar-refractivity contribution in [3.8, 4) is 0 Å². The molecule has 1 fully saturated rings. The Morgan fingerprint density at radius 2 is 2.21 bits per heavy atom. The largest absolute Gasteiger partial charge is 0.393 e. The number of hydrogen-bond acceptors (Lipinski definition) is 2. The molecule has 0 aromatic heterocycles. The Labute approximate surface area is 122 Å². The van der Waals surface area contributed by atoms with Crippen LogP contribution in [-0.4, -0.2) is 35.6 Å². The van der Waals surface area contributed by atoms with Gasteiger partial charge in [0.2, 0.25) is 0 Å². The average molecular weight is 326 g/mol. The van der Waals surface area contributed by atoms with Crippen molar-refractivity contribution in [2.75, 3.05) is 13.6 Å². The summed E-state index contributed by atoms with van der Waals surface area (Å²) >= 11 is 3.45. The van der Waals surface area contributed by atoms with E-state index in [2.05, 4.69) is 15.9 Å². The van der Waals surface area contributed by atoms with Crippen LogP contribution in [-0.2, 0) is 0 Å². The Morgan fingerprint density at radius 1 is 1.47 bits per heavy atom. The lowest BCUT2D eigenvalue weighted by molar-refractivity contribution is 0.0693. The molecule has 1 aliphatic carbocycles. The molecule has 1 N–H and O–H groups in total. The van der Waals surface area contributed by atoms with Crippen molar-refractivity contribution in [2.45, 2.75) is 32.3 Å². The van der Waals surface area contributed by atoms with E-state index in [0.717, 1.165) is 34.9 Å². The first-order valence-electron chi connectivity index (χ1n) is 6.69. The minimum atomic E-state index is -0.251. The Morgan fingerprint density at radius 3 is 2.84 bits per heavy atom. The van der Waals surface area contributed by atoms with Gasteiger partial charge in [0, 0.05) is 29.5 Å². The molecule has 4 heteroatoms. The topological polar surface area (TPSA) is 40.5 Å². The summed E-state index contributed by atoms with van der Waals surface area (Å²) in [6.07, 6.45) is 2.68. The van der Waals surface area contributed by atoms with Crippen molar-refractivity contribution in [3.63, 3.8) is 0 Å². The molecule has 1 amide bonds. The second-order valence-electron chi connectivity index (χ2n) is 5.36. The Kier molecular flexibility index (Phi) is 4.63. The van der Waals surface area contributed by atoms with Gasteiger partial charge in [-0.05, 0) is 37.5 Å². The lowest BCUT2D eigenvalue weighted by atomic mass is 10.0. The van der Waals surface area contributed by atoms with E-state index in [1.165, 1.54) is 0 Å². The van der Waals surface area contributed by atoms with Crippen LogP contribution in [0.1, 0.15) is 35.2 Å². The molecule has 0 aliphatic heterocycles. The van der Waals surface area contributed by atoms with Gasteiger partial charge in [-0.15, -0.1) is 0 Å². The van der Waals surface area contributed by atoms with Crippen molar-refractivity contribution < 1.29 is 9.90 Å². The van der Waals surface area contributed by atoms with Gasteiger partial charge >= 0.3 is 0 Å². The third-order valence-electron chi connectivity index (χ3n) is 3.97.